The molecule has 2 aliphatic carbocycles. The van der Waals surface area contributed by atoms with Crippen LogP contribution in [0.1, 0.15) is 39.0 Å². The summed E-state index contributed by atoms with van der Waals surface area (Å²) in [7, 11) is 0. The first-order valence-corrected chi connectivity index (χ1v) is 5.73. The fourth-order valence-corrected chi connectivity index (χ4v) is 3.00. The van der Waals surface area contributed by atoms with Crippen molar-refractivity contribution in [2.45, 2.75) is 39.0 Å². The Hall–Kier alpha value is -0.840. The molecule has 2 heteroatoms. The quantitative estimate of drug-likeness (QED) is 0.687. The average Bonchev–Trinajstić information content (AvgIpc) is 2.93. The minimum Gasteiger partial charge on any atom is -0.298 e. The van der Waals surface area contributed by atoms with Gasteiger partial charge in [-0.25, -0.2) is 0 Å². The van der Waals surface area contributed by atoms with Crippen molar-refractivity contribution in [2.75, 3.05) is 0 Å². The van der Waals surface area contributed by atoms with E-state index in [0.717, 1.165) is 0 Å². The van der Waals surface area contributed by atoms with E-state index in [-0.39, 0.29) is 17.6 Å². The van der Waals surface area contributed by atoms with E-state index in [2.05, 4.69) is 6.07 Å². The maximum absolute atomic E-state index is 11.9. The predicted molar refractivity (Wildman–Crippen MR) is 53.3 cm³/mol. The number of fused-ring (bicyclic) bond motifs is 1. The van der Waals surface area contributed by atoms with Crippen LogP contribution >= 0.6 is 0 Å². The van der Waals surface area contributed by atoms with E-state index in [4.69, 9.17) is 5.26 Å². The minimum atomic E-state index is -0.328. The molecule has 14 heavy (non-hydrogen) atoms. The summed E-state index contributed by atoms with van der Waals surface area (Å²) < 4.78 is 0. The Bertz CT molecular complexity index is 267. The highest BCUT2D eigenvalue weighted by Crippen LogP contribution is 2.56. The number of nitriles is 1. The van der Waals surface area contributed by atoms with Gasteiger partial charge in [-0.05, 0) is 31.1 Å². The number of hydrogen-bond donors (Lipinski definition) is 0. The summed E-state index contributed by atoms with van der Waals surface area (Å²) in [6, 6.07) is 2.13. The van der Waals surface area contributed by atoms with Crippen LogP contribution in [0.2, 0.25) is 0 Å². The van der Waals surface area contributed by atoms with Crippen molar-refractivity contribution in [3.8, 4) is 6.07 Å². The summed E-state index contributed by atoms with van der Waals surface area (Å²) in [6.45, 7) is 1.93. The smallest absolute Gasteiger partial charge is 0.153 e. The van der Waals surface area contributed by atoms with E-state index in [1.807, 2.05) is 6.92 Å². The molecule has 0 aromatic carbocycles. The van der Waals surface area contributed by atoms with Crippen molar-refractivity contribution in [1.29, 1.82) is 5.26 Å². The molecule has 0 aliphatic heterocycles. The highest BCUT2D eigenvalue weighted by molar-refractivity contribution is 5.88. The first kappa shape index (κ1) is 9.71. The Morgan fingerprint density at radius 2 is 2.00 bits per heavy atom. The summed E-state index contributed by atoms with van der Waals surface area (Å²) >= 11 is 0. The van der Waals surface area contributed by atoms with Crippen molar-refractivity contribution < 1.29 is 4.79 Å². The summed E-state index contributed by atoms with van der Waals surface area (Å²) in [5.41, 5.74) is 0. The van der Waals surface area contributed by atoms with Gasteiger partial charge in [-0.1, -0.05) is 19.8 Å². The largest absolute Gasteiger partial charge is 0.298 e. The molecule has 0 radical (unpaired) electrons. The number of carbonyl (C=O) groups is 1. The molecule has 0 bridgehead atoms. The average molecular weight is 191 g/mol. The van der Waals surface area contributed by atoms with E-state index >= 15 is 0 Å². The van der Waals surface area contributed by atoms with Gasteiger partial charge in [0.25, 0.3) is 0 Å². The summed E-state index contributed by atoms with van der Waals surface area (Å²) in [4.78, 5) is 11.9. The van der Waals surface area contributed by atoms with Gasteiger partial charge in [0.2, 0.25) is 0 Å². The minimum absolute atomic E-state index is 0.243. The van der Waals surface area contributed by atoms with Gasteiger partial charge >= 0.3 is 0 Å². The standard InChI is InChI=1S/C12H17NO/c1-2-8(7-13)12(14)11-9-5-3-4-6-10(9)11/h8-11H,2-6H2,1H3. The van der Waals surface area contributed by atoms with Crippen LogP contribution in [0.15, 0.2) is 0 Å². The molecule has 0 N–H and O–H groups in total. The second kappa shape index (κ2) is 3.73. The summed E-state index contributed by atoms with van der Waals surface area (Å²) in [5.74, 6) is 1.48. The number of Topliss-reactive ketones (excluding diaryl/α,β-unsaturated/α-hetero) is 1. The molecule has 2 aliphatic rings. The molecule has 2 rings (SSSR count). The Labute approximate surface area is 85.3 Å². The van der Waals surface area contributed by atoms with E-state index in [9.17, 15) is 4.79 Å². The maximum atomic E-state index is 11.9. The number of rotatable bonds is 3. The summed E-state index contributed by atoms with van der Waals surface area (Å²) in [5, 5.41) is 8.84. The molecule has 0 heterocycles. The van der Waals surface area contributed by atoms with Gasteiger partial charge in [-0.2, -0.15) is 5.26 Å². The molecule has 0 saturated heterocycles. The van der Waals surface area contributed by atoms with Crippen molar-refractivity contribution in [3.05, 3.63) is 0 Å². The second-order valence-corrected chi connectivity index (χ2v) is 4.63. The van der Waals surface area contributed by atoms with Gasteiger partial charge in [0.1, 0.15) is 5.92 Å². The van der Waals surface area contributed by atoms with Crippen molar-refractivity contribution in [2.24, 2.45) is 23.7 Å². The van der Waals surface area contributed by atoms with Crippen molar-refractivity contribution >= 4 is 5.78 Å². The normalized spacial score (nSPS) is 36.7. The third-order valence-electron chi connectivity index (χ3n) is 3.89. The molecule has 2 nitrogen and oxygen atoms in total. The lowest BCUT2D eigenvalue weighted by Gasteiger charge is -2.04. The van der Waals surface area contributed by atoms with Crippen molar-refractivity contribution in [3.63, 3.8) is 0 Å². The maximum Gasteiger partial charge on any atom is 0.153 e. The van der Waals surface area contributed by atoms with Gasteiger partial charge in [0.05, 0.1) is 6.07 Å². The SMILES string of the molecule is CCC(C#N)C(=O)C1C2CCCCC21. The third-order valence-corrected chi connectivity index (χ3v) is 3.89. The molecule has 2 fully saturated rings. The zero-order valence-corrected chi connectivity index (χ0v) is 8.70. The molecule has 0 aromatic rings. The summed E-state index contributed by atoms with van der Waals surface area (Å²) in [6.07, 6.45) is 5.71. The molecule has 2 saturated carbocycles. The molecule has 3 unspecified atom stereocenters. The van der Waals surface area contributed by atoms with Crippen LogP contribution in [-0.2, 0) is 4.79 Å². The Balaban J connectivity index is 1.97. The number of hydrogen-bond acceptors (Lipinski definition) is 2. The van der Waals surface area contributed by atoms with Gasteiger partial charge in [-0.15, -0.1) is 0 Å². The lowest BCUT2D eigenvalue weighted by atomic mass is 9.97. The van der Waals surface area contributed by atoms with Crippen LogP contribution in [0.5, 0.6) is 0 Å². The molecular formula is C12H17NO. The lowest BCUT2D eigenvalue weighted by molar-refractivity contribution is -0.123. The van der Waals surface area contributed by atoms with Crippen LogP contribution in [-0.4, -0.2) is 5.78 Å². The van der Waals surface area contributed by atoms with Gasteiger partial charge < -0.3 is 0 Å². The number of nitrogens with zero attached hydrogens (tertiary/aromatic N) is 1. The number of ketones is 1. The first-order chi connectivity index (χ1) is 6.79. The Morgan fingerprint density at radius 1 is 1.43 bits per heavy atom. The lowest BCUT2D eigenvalue weighted by Crippen LogP contribution is -2.15. The van der Waals surface area contributed by atoms with E-state index in [0.29, 0.717) is 18.3 Å². The van der Waals surface area contributed by atoms with Crippen LogP contribution in [0, 0.1) is 35.0 Å². The fourth-order valence-electron chi connectivity index (χ4n) is 3.00. The highest BCUT2D eigenvalue weighted by Gasteiger charge is 2.55. The van der Waals surface area contributed by atoms with E-state index in [1.165, 1.54) is 25.7 Å². The van der Waals surface area contributed by atoms with Crippen LogP contribution in [0.4, 0.5) is 0 Å². The first-order valence-electron chi connectivity index (χ1n) is 5.73. The molecule has 0 aromatic heterocycles. The Kier molecular flexibility index (Phi) is 2.58. The molecule has 0 spiro atoms. The van der Waals surface area contributed by atoms with E-state index < -0.39 is 0 Å². The van der Waals surface area contributed by atoms with Crippen LogP contribution in [0.3, 0.4) is 0 Å². The van der Waals surface area contributed by atoms with Gasteiger partial charge in [0, 0.05) is 5.92 Å². The topological polar surface area (TPSA) is 40.9 Å². The van der Waals surface area contributed by atoms with E-state index in [1.54, 1.807) is 0 Å². The molecule has 3 atom stereocenters. The highest BCUT2D eigenvalue weighted by atomic mass is 16.1. The third kappa shape index (κ3) is 1.45. The molecular weight excluding hydrogens is 174 g/mol. The molecule has 0 amide bonds. The van der Waals surface area contributed by atoms with Crippen molar-refractivity contribution in [1.82, 2.24) is 0 Å². The zero-order chi connectivity index (χ0) is 10.1. The van der Waals surface area contributed by atoms with Gasteiger partial charge in [-0.3, -0.25) is 4.79 Å². The number of carbonyl (C=O) groups excluding carboxylic acids is 1. The van der Waals surface area contributed by atoms with Crippen LogP contribution in [0.25, 0.3) is 0 Å². The Morgan fingerprint density at radius 3 is 2.43 bits per heavy atom. The zero-order valence-electron chi connectivity index (χ0n) is 8.70. The van der Waals surface area contributed by atoms with Gasteiger partial charge in [0.15, 0.2) is 5.78 Å². The molecule has 76 valence electrons. The second-order valence-electron chi connectivity index (χ2n) is 4.63. The fraction of sp³-hybridized carbons (Fsp3) is 0.833. The van der Waals surface area contributed by atoms with Crippen LogP contribution < -0.4 is 0 Å². The monoisotopic (exact) mass is 191 g/mol. The predicted octanol–water partition coefficient (Wildman–Crippen LogP) is 2.54.